The van der Waals surface area contributed by atoms with Crippen molar-refractivity contribution >= 4 is 21.6 Å². The van der Waals surface area contributed by atoms with E-state index in [0.29, 0.717) is 23.5 Å². The number of sulfonamides is 1. The van der Waals surface area contributed by atoms with Crippen LogP contribution in [-0.4, -0.2) is 30.2 Å². The van der Waals surface area contributed by atoms with Crippen LogP contribution < -0.4 is 15.6 Å². The number of nitrogens with one attached hydrogen (secondary N) is 2. The third-order valence-corrected chi connectivity index (χ3v) is 6.44. The van der Waals surface area contributed by atoms with Gasteiger partial charge in [-0.2, -0.15) is 0 Å². The van der Waals surface area contributed by atoms with Gasteiger partial charge in [-0.25, -0.2) is 13.1 Å². The van der Waals surface area contributed by atoms with Crippen molar-refractivity contribution in [3.63, 3.8) is 0 Å². The Kier molecular flexibility index (Phi) is 6.35. The molecule has 3 aromatic rings. The van der Waals surface area contributed by atoms with E-state index in [1.807, 2.05) is 13.0 Å². The zero-order valence-corrected chi connectivity index (χ0v) is 18.8. The first-order chi connectivity index (χ1) is 14.7. The van der Waals surface area contributed by atoms with Crippen molar-refractivity contribution in [2.24, 2.45) is 7.05 Å². The second kappa shape index (κ2) is 8.81. The molecule has 1 aromatic heterocycles. The number of amides is 1. The number of anilines is 1. The summed E-state index contributed by atoms with van der Waals surface area (Å²) in [5, 5.41) is 2.75. The van der Waals surface area contributed by atoms with Crippen molar-refractivity contribution in [2.75, 3.05) is 11.3 Å². The van der Waals surface area contributed by atoms with Gasteiger partial charge in [0.15, 0.2) is 0 Å². The third-order valence-electron chi connectivity index (χ3n) is 5.09. The zero-order chi connectivity index (χ0) is 22.8. The summed E-state index contributed by atoms with van der Waals surface area (Å²) in [6.45, 7) is 5.83. The highest BCUT2D eigenvalue weighted by atomic mass is 32.2. The van der Waals surface area contributed by atoms with E-state index in [-0.39, 0.29) is 22.1 Å². The van der Waals surface area contributed by atoms with Crippen LogP contribution in [-0.2, 0) is 17.1 Å². The topological polar surface area (TPSA) is 102 Å². The minimum atomic E-state index is -4.09. The van der Waals surface area contributed by atoms with Gasteiger partial charge in [-0.3, -0.25) is 19.0 Å². The van der Waals surface area contributed by atoms with Crippen molar-refractivity contribution in [2.45, 2.75) is 32.1 Å². The van der Waals surface area contributed by atoms with Gasteiger partial charge in [0.1, 0.15) is 5.69 Å². The Bertz CT molecular complexity index is 1270. The van der Waals surface area contributed by atoms with E-state index in [4.69, 9.17) is 0 Å². The molecule has 8 nitrogen and oxygen atoms in total. The summed E-state index contributed by atoms with van der Waals surface area (Å²) in [5.41, 5.74) is 1.50. The van der Waals surface area contributed by atoms with Gasteiger partial charge in [0.2, 0.25) is 0 Å². The van der Waals surface area contributed by atoms with E-state index in [2.05, 4.69) is 10.0 Å². The maximum Gasteiger partial charge on any atom is 0.296 e. The van der Waals surface area contributed by atoms with E-state index in [1.165, 1.54) is 16.8 Å². The molecule has 0 atom stereocenters. The van der Waals surface area contributed by atoms with Crippen LogP contribution in [0.15, 0.2) is 58.2 Å². The van der Waals surface area contributed by atoms with E-state index >= 15 is 0 Å². The van der Waals surface area contributed by atoms with Crippen LogP contribution in [0.1, 0.15) is 35.0 Å². The van der Waals surface area contributed by atoms with Crippen molar-refractivity contribution in [1.82, 2.24) is 14.7 Å². The molecular weight excluding hydrogens is 416 g/mol. The molecule has 164 valence electrons. The molecule has 0 saturated heterocycles. The summed E-state index contributed by atoms with van der Waals surface area (Å²) >= 11 is 0. The fourth-order valence-electron chi connectivity index (χ4n) is 3.23. The highest BCUT2D eigenvalue weighted by Crippen LogP contribution is 2.21. The van der Waals surface area contributed by atoms with Crippen molar-refractivity contribution in [1.29, 1.82) is 0 Å². The van der Waals surface area contributed by atoms with E-state index in [9.17, 15) is 18.0 Å². The Balaban J connectivity index is 2.01. The van der Waals surface area contributed by atoms with Crippen molar-refractivity contribution in [3.05, 3.63) is 75.7 Å². The van der Waals surface area contributed by atoms with E-state index in [0.717, 1.165) is 6.42 Å². The lowest BCUT2D eigenvalue weighted by Crippen LogP contribution is -2.26. The normalized spacial score (nSPS) is 11.4. The van der Waals surface area contributed by atoms with Gasteiger partial charge >= 0.3 is 0 Å². The summed E-state index contributed by atoms with van der Waals surface area (Å²) in [6, 6.07) is 13.3. The summed E-state index contributed by atoms with van der Waals surface area (Å²) in [7, 11) is -2.41. The minimum Gasteiger partial charge on any atom is -0.352 e. The molecule has 9 heteroatoms. The number of rotatable bonds is 7. The summed E-state index contributed by atoms with van der Waals surface area (Å²) in [4.78, 5) is 25.3. The Labute approximate surface area is 181 Å². The average Bonchev–Trinajstić information content (AvgIpc) is 2.95. The molecule has 0 bridgehead atoms. The predicted molar refractivity (Wildman–Crippen MR) is 120 cm³/mol. The standard InChI is InChI=1S/C22H26N4O4S/c1-5-13-23-21(27)19-14-18(12-11-15(19)2)31(29,30)24-20-16(3)25(4)26(22(20)28)17-9-7-6-8-10-17/h6-12,14,24H,5,13H2,1-4H3,(H,23,27). The van der Waals surface area contributed by atoms with Crippen LogP contribution in [0.3, 0.4) is 0 Å². The molecule has 0 aliphatic heterocycles. The second-order valence-corrected chi connectivity index (χ2v) is 8.96. The minimum absolute atomic E-state index is 0.0380. The molecule has 0 fully saturated rings. The van der Waals surface area contributed by atoms with Crippen LogP contribution in [0.5, 0.6) is 0 Å². The molecule has 2 aromatic carbocycles. The van der Waals surface area contributed by atoms with E-state index < -0.39 is 15.6 Å². The molecular formula is C22H26N4O4S. The molecule has 0 aliphatic carbocycles. The number of aromatic nitrogens is 2. The summed E-state index contributed by atoms with van der Waals surface area (Å²) in [6.07, 6.45) is 0.769. The van der Waals surface area contributed by atoms with Gasteiger partial charge in [0, 0.05) is 19.2 Å². The van der Waals surface area contributed by atoms with Gasteiger partial charge < -0.3 is 5.32 Å². The average molecular weight is 443 g/mol. The molecule has 31 heavy (non-hydrogen) atoms. The fraction of sp³-hybridized carbons (Fsp3) is 0.273. The molecule has 0 aliphatic rings. The SMILES string of the molecule is CCCNC(=O)c1cc(S(=O)(=O)Nc2c(C)n(C)n(-c3ccccc3)c2=O)ccc1C. The van der Waals surface area contributed by atoms with Gasteiger partial charge in [0.05, 0.1) is 16.3 Å². The molecule has 1 amide bonds. The van der Waals surface area contributed by atoms with Crippen molar-refractivity contribution in [3.8, 4) is 5.69 Å². The molecule has 0 radical (unpaired) electrons. The number of benzene rings is 2. The maximum absolute atomic E-state index is 13.1. The Hall–Kier alpha value is -3.33. The number of carbonyl (C=O) groups is 1. The Morgan fingerprint density at radius 1 is 1.06 bits per heavy atom. The monoisotopic (exact) mass is 442 g/mol. The molecule has 0 saturated carbocycles. The van der Waals surface area contributed by atoms with Gasteiger partial charge in [-0.15, -0.1) is 0 Å². The number of aryl methyl sites for hydroxylation is 1. The van der Waals surface area contributed by atoms with Gasteiger partial charge in [-0.05, 0) is 50.1 Å². The highest BCUT2D eigenvalue weighted by Gasteiger charge is 2.23. The second-order valence-electron chi connectivity index (χ2n) is 7.27. The molecule has 0 unspecified atom stereocenters. The van der Waals surface area contributed by atoms with Crippen molar-refractivity contribution < 1.29 is 13.2 Å². The lowest BCUT2D eigenvalue weighted by Gasteiger charge is -2.11. The van der Waals surface area contributed by atoms with Crippen LogP contribution in [0.2, 0.25) is 0 Å². The highest BCUT2D eigenvalue weighted by molar-refractivity contribution is 7.92. The maximum atomic E-state index is 13.1. The number of hydrogen-bond acceptors (Lipinski definition) is 4. The molecule has 3 rings (SSSR count). The first-order valence-electron chi connectivity index (χ1n) is 9.93. The number of hydrogen-bond donors (Lipinski definition) is 2. The van der Waals surface area contributed by atoms with Gasteiger partial charge in [0.25, 0.3) is 21.5 Å². The lowest BCUT2D eigenvalue weighted by molar-refractivity contribution is 0.0953. The quantitative estimate of drug-likeness (QED) is 0.587. The molecule has 1 heterocycles. The smallest absolute Gasteiger partial charge is 0.296 e. The lowest BCUT2D eigenvalue weighted by atomic mass is 10.1. The van der Waals surface area contributed by atoms with Crippen LogP contribution >= 0.6 is 0 Å². The molecule has 2 N–H and O–H groups in total. The number of carbonyl (C=O) groups excluding carboxylic acids is 1. The number of para-hydroxylation sites is 1. The Morgan fingerprint density at radius 2 is 1.74 bits per heavy atom. The summed E-state index contributed by atoms with van der Waals surface area (Å²) in [5.74, 6) is -0.335. The third kappa shape index (κ3) is 4.41. The van der Waals surface area contributed by atoms with E-state index in [1.54, 1.807) is 55.9 Å². The first kappa shape index (κ1) is 22.4. The largest absolute Gasteiger partial charge is 0.352 e. The Morgan fingerprint density at radius 3 is 2.39 bits per heavy atom. The number of nitrogens with zero attached hydrogens (tertiary/aromatic N) is 2. The first-order valence-corrected chi connectivity index (χ1v) is 11.4. The van der Waals surface area contributed by atoms with Gasteiger partial charge in [-0.1, -0.05) is 31.2 Å². The fourth-order valence-corrected chi connectivity index (χ4v) is 4.37. The zero-order valence-electron chi connectivity index (χ0n) is 18.0. The van der Waals surface area contributed by atoms with Crippen LogP contribution in [0, 0.1) is 13.8 Å². The predicted octanol–water partition coefficient (Wildman–Crippen LogP) is 2.73. The molecule has 0 spiro atoms. The van der Waals surface area contributed by atoms with Crippen LogP contribution in [0.4, 0.5) is 5.69 Å². The van der Waals surface area contributed by atoms with Crippen LogP contribution in [0.25, 0.3) is 5.69 Å². The summed E-state index contributed by atoms with van der Waals surface area (Å²) < 4.78 is 31.5.